The molecule has 144 valence electrons. The molecule has 1 aliphatic heterocycles. The molecule has 1 N–H and O–H groups in total. The van der Waals surface area contributed by atoms with Gasteiger partial charge in [-0.05, 0) is 29.5 Å². The summed E-state index contributed by atoms with van der Waals surface area (Å²) in [5.74, 6) is 0.369. The van der Waals surface area contributed by atoms with Crippen LogP contribution in [0.4, 0.5) is 0 Å². The smallest absolute Gasteiger partial charge is 0.307 e. The van der Waals surface area contributed by atoms with E-state index in [4.69, 9.17) is 9.47 Å². The molecule has 0 aliphatic carbocycles. The molecule has 1 atom stereocenters. The van der Waals surface area contributed by atoms with Gasteiger partial charge in [0.25, 0.3) is 0 Å². The number of hydrogen-bond acceptors (Lipinski definition) is 5. The molecule has 26 heavy (non-hydrogen) atoms. The fourth-order valence-corrected chi connectivity index (χ4v) is 3.00. The Bertz CT molecular complexity index is 607. The van der Waals surface area contributed by atoms with Crippen molar-refractivity contribution in [2.45, 2.75) is 45.1 Å². The molecule has 1 aliphatic rings. The lowest BCUT2D eigenvalue weighted by Gasteiger charge is -2.34. The van der Waals surface area contributed by atoms with E-state index in [0.29, 0.717) is 19.7 Å². The molecular formula is C20H30N2O4. The van der Waals surface area contributed by atoms with E-state index in [1.54, 1.807) is 0 Å². The second kappa shape index (κ2) is 9.03. The Morgan fingerprint density at radius 1 is 1.27 bits per heavy atom. The van der Waals surface area contributed by atoms with Crippen LogP contribution < -0.4 is 10.1 Å². The summed E-state index contributed by atoms with van der Waals surface area (Å²) in [6.07, 6.45) is 0.865. The Balaban J connectivity index is 1.80. The van der Waals surface area contributed by atoms with Crippen LogP contribution in [0.2, 0.25) is 0 Å². The predicted molar refractivity (Wildman–Crippen MR) is 100 cm³/mol. The zero-order valence-corrected chi connectivity index (χ0v) is 16.2. The summed E-state index contributed by atoms with van der Waals surface area (Å²) in [5.41, 5.74) is 1.40. The minimum absolute atomic E-state index is 0.0808. The Hall–Kier alpha value is -2.08. The number of benzene rings is 1. The van der Waals surface area contributed by atoms with Gasteiger partial charge in [0.1, 0.15) is 5.75 Å². The first-order chi connectivity index (χ1) is 12.3. The lowest BCUT2D eigenvalue weighted by molar-refractivity contribution is -0.145. The highest BCUT2D eigenvalue weighted by Gasteiger charge is 2.31. The van der Waals surface area contributed by atoms with E-state index in [0.717, 1.165) is 18.7 Å². The normalized spacial score (nSPS) is 18.3. The fourth-order valence-electron chi connectivity index (χ4n) is 3.00. The molecule has 0 spiro atoms. The maximum Gasteiger partial charge on any atom is 0.307 e. The molecule has 6 heteroatoms. The minimum Gasteiger partial charge on any atom is -0.494 e. The van der Waals surface area contributed by atoms with Crippen molar-refractivity contribution in [2.24, 2.45) is 0 Å². The van der Waals surface area contributed by atoms with Crippen LogP contribution in [0.15, 0.2) is 24.3 Å². The molecule has 2 rings (SSSR count). The maximum absolute atomic E-state index is 12.0. The highest BCUT2D eigenvalue weighted by atomic mass is 16.5. The van der Waals surface area contributed by atoms with Crippen molar-refractivity contribution in [2.75, 3.05) is 33.4 Å². The van der Waals surface area contributed by atoms with E-state index in [1.165, 1.54) is 12.7 Å². The molecule has 1 fully saturated rings. The molecule has 1 aromatic rings. The summed E-state index contributed by atoms with van der Waals surface area (Å²) in [6.45, 7) is 9.15. The van der Waals surface area contributed by atoms with Gasteiger partial charge in [-0.3, -0.25) is 14.5 Å². The van der Waals surface area contributed by atoms with Crippen LogP contribution in [-0.2, 0) is 19.7 Å². The molecule has 1 heterocycles. The van der Waals surface area contributed by atoms with E-state index in [1.807, 2.05) is 17.0 Å². The highest BCUT2D eigenvalue weighted by molar-refractivity contribution is 5.87. The van der Waals surface area contributed by atoms with Crippen LogP contribution in [0.1, 0.15) is 39.2 Å². The van der Waals surface area contributed by atoms with Gasteiger partial charge in [0.15, 0.2) is 0 Å². The van der Waals surface area contributed by atoms with Gasteiger partial charge >= 0.3 is 5.97 Å². The summed E-state index contributed by atoms with van der Waals surface area (Å²) in [7, 11) is 1.34. The molecular weight excluding hydrogens is 332 g/mol. The van der Waals surface area contributed by atoms with Crippen molar-refractivity contribution in [3.8, 4) is 5.75 Å². The summed E-state index contributed by atoms with van der Waals surface area (Å²) in [6, 6.07) is 7.72. The first-order valence-corrected chi connectivity index (χ1v) is 9.13. The Morgan fingerprint density at radius 2 is 1.96 bits per heavy atom. The van der Waals surface area contributed by atoms with Crippen LogP contribution in [-0.4, -0.2) is 56.2 Å². The van der Waals surface area contributed by atoms with Crippen molar-refractivity contribution >= 4 is 11.9 Å². The van der Waals surface area contributed by atoms with Crippen LogP contribution in [0.3, 0.4) is 0 Å². The Labute approximate surface area is 155 Å². The Kier molecular flexibility index (Phi) is 7.03. The summed E-state index contributed by atoms with van der Waals surface area (Å²) < 4.78 is 10.5. The van der Waals surface area contributed by atoms with Crippen molar-refractivity contribution < 1.29 is 19.1 Å². The summed E-state index contributed by atoms with van der Waals surface area (Å²) in [4.78, 5) is 25.6. The number of hydrogen-bond donors (Lipinski definition) is 1. The molecule has 6 nitrogen and oxygen atoms in total. The third-order valence-corrected chi connectivity index (χ3v) is 4.61. The lowest BCUT2D eigenvalue weighted by Crippen LogP contribution is -2.56. The quantitative estimate of drug-likeness (QED) is 0.594. The van der Waals surface area contributed by atoms with Gasteiger partial charge in [-0.2, -0.15) is 0 Å². The van der Waals surface area contributed by atoms with Gasteiger partial charge in [-0.25, -0.2) is 0 Å². The third-order valence-electron chi connectivity index (χ3n) is 4.61. The second-order valence-corrected chi connectivity index (χ2v) is 7.60. The SMILES string of the molecule is COC(=O)CC1C(=O)NCCN1CCCOc1ccc(C(C)(C)C)cc1. The van der Waals surface area contributed by atoms with Crippen molar-refractivity contribution in [3.63, 3.8) is 0 Å². The van der Waals surface area contributed by atoms with E-state index >= 15 is 0 Å². The van der Waals surface area contributed by atoms with E-state index < -0.39 is 6.04 Å². The van der Waals surface area contributed by atoms with Crippen LogP contribution in [0.25, 0.3) is 0 Å². The van der Waals surface area contributed by atoms with Gasteiger partial charge in [0.05, 0.1) is 26.2 Å². The largest absolute Gasteiger partial charge is 0.494 e. The van der Waals surface area contributed by atoms with E-state index in [9.17, 15) is 9.59 Å². The molecule has 0 saturated carbocycles. The first-order valence-electron chi connectivity index (χ1n) is 9.13. The molecule has 1 saturated heterocycles. The van der Waals surface area contributed by atoms with Crippen LogP contribution in [0, 0.1) is 0 Å². The second-order valence-electron chi connectivity index (χ2n) is 7.60. The van der Waals surface area contributed by atoms with Crippen LogP contribution >= 0.6 is 0 Å². The lowest BCUT2D eigenvalue weighted by atomic mass is 9.87. The average molecular weight is 362 g/mol. The maximum atomic E-state index is 12.0. The number of carbonyl (C=O) groups is 2. The molecule has 0 radical (unpaired) electrons. The van der Waals surface area contributed by atoms with Crippen molar-refractivity contribution in [1.82, 2.24) is 10.2 Å². The number of methoxy groups -OCH3 is 1. The highest BCUT2D eigenvalue weighted by Crippen LogP contribution is 2.24. The van der Waals surface area contributed by atoms with E-state index in [-0.39, 0.29) is 23.7 Å². The fraction of sp³-hybridized carbons (Fsp3) is 0.600. The molecule has 0 aromatic heterocycles. The molecule has 1 aromatic carbocycles. The van der Waals surface area contributed by atoms with Gasteiger partial charge in [0.2, 0.25) is 5.91 Å². The zero-order chi connectivity index (χ0) is 19.2. The van der Waals surface area contributed by atoms with Gasteiger partial charge in [-0.15, -0.1) is 0 Å². The van der Waals surface area contributed by atoms with Crippen molar-refractivity contribution in [3.05, 3.63) is 29.8 Å². The summed E-state index contributed by atoms with van der Waals surface area (Å²) in [5, 5.41) is 2.81. The standard InChI is InChI=1S/C20H30N2O4/c1-20(2,3)15-6-8-16(9-7-15)26-13-5-11-22-12-10-21-19(24)17(22)14-18(23)25-4/h6-9,17H,5,10-14H2,1-4H3,(H,21,24). The van der Waals surface area contributed by atoms with Crippen LogP contribution in [0.5, 0.6) is 5.75 Å². The van der Waals surface area contributed by atoms with Gasteiger partial charge < -0.3 is 14.8 Å². The minimum atomic E-state index is -0.456. The first kappa shape index (κ1) is 20.2. The number of nitrogens with zero attached hydrogens (tertiary/aromatic N) is 1. The monoisotopic (exact) mass is 362 g/mol. The predicted octanol–water partition coefficient (Wildman–Crippen LogP) is 2.12. The number of carbonyl (C=O) groups excluding carboxylic acids is 2. The van der Waals surface area contributed by atoms with Gasteiger partial charge in [0, 0.05) is 19.6 Å². The van der Waals surface area contributed by atoms with E-state index in [2.05, 4.69) is 38.2 Å². The average Bonchev–Trinajstić information content (AvgIpc) is 2.60. The Morgan fingerprint density at radius 3 is 2.58 bits per heavy atom. The number of piperazine rings is 1. The third kappa shape index (κ3) is 5.73. The topological polar surface area (TPSA) is 67.9 Å². The number of amides is 1. The summed E-state index contributed by atoms with van der Waals surface area (Å²) >= 11 is 0. The molecule has 1 unspecified atom stereocenters. The molecule has 1 amide bonds. The number of nitrogens with one attached hydrogen (secondary N) is 1. The van der Waals surface area contributed by atoms with Gasteiger partial charge in [-0.1, -0.05) is 32.9 Å². The number of ether oxygens (including phenoxy) is 2. The number of esters is 1. The number of rotatable bonds is 7. The van der Waals surface area contributed by atoms with Crippen molar-refractivity contribution in [1.29, 1.82) is 0 Å². The molecule has 0 bridgehead atoms. The zero-order valence-electron chi connectivity index (χ0n) is 16.2.